The van der Waals surface area contributed by atoms with Crippen molar-refractivity contribution in [3.8, 4) is 0 Å². The molecule has 1 unspecified atom stereocenters. The molecule has 1 aromatic rings. The zero-order chi connectivity index (χ0) is 21.6. The average molecular weight is 404 g/mol. The van der Waals surface area contributed by atoms with Gasteiger partial charge in [0.1, 0.15) is 12.8 Å². The maximum Gasteiger partial charge on any atom is 0.330 e. The quantitative estimate of drug-likeness (QED) is 0.496. The summed E-state index contributed by atoms with van der Waals surface area (Å²) in [6.45, 7) is 11.5. The maximum atomic E-state index is 12.9. The van der Waals surface area contributed by atoms with Crippen molar-refractivity contribution in [1.82, 2.24) is 10.2 Å². The van der Waals surface area contributed by atoms with Crippen LogP contribution in [0.2, 0.25) is 6.82 Å². The fourth-order valence-electron chi connectivity index (χ4n) is 3.61. The fourth-order valence-corrected chi connectivity index (χ4v) is 3.61. The Morgan fingerprint density at radius 3 is 2.52 bits per heavy atom. The first-order chi connectivity index (χ1) is 13.8. The van der Waals surface area contributed by atoms with E-state index in [4.69, 9.17) is 9.47 Å². The van der Waals surface area contributed by atoms with Crippen molar-refractivity contribution in [1.29, 1.82) is 0 Å². The van der Waals surface area contributed by atoms with E-state index in [9.17, 15) is 14.6 Å². The Balaban J connectivity index is 2.10. The lowest BCUT2D eigenvalue weighted by Crippen LogP contribution is -2.47. The van der Waals surface area contributed by atoms with Crippen molar-refractivity contribution in [2.75, 3.05) is 33.0 Å². The number of ether oxygens (including phenoxy) is 2. The summed E-state index contributed by atoms with van der Waals surface area (Å²) in [6, 6.07) is 2.88. The number of hydrogen-bond acceptors (Lipinski definition) is 6. The average Bonchev–Trinajstić information content (AvgIpc) is 2.69. The van der Waals surface area contributed by atoms with Gasteiger partial charge in [-0.05, 0) is 36.4 Å². The van der Waals surface area contributed by atoms with E-state index in [1.807, 2.05) is 38.7 Å². The highest BCUT2D eigenvalue weighted by Gasteiger charge is 2.28. The summed E-state index contributed by atoms with van der Waals surface area (Å²) >= 11 is 0. The van der Waals surface area contributed by atoms with Crippen LogP contribution in [0.4, 0.5) is 0 Å². The number of morpholine rings is 1. The third-order valence-corrected chi connectivity index (χ3v) is 5.35. The molecular formula is C21H33BN2O5. The highest BCUT2D eigenvalue weighted by molar-refractivity contribution is 6.66. The number of nitrogens with one attached hydrogen (secondary N) is 1. The number of carbonyl (C=O) groups excluding carboxylic acids is 2. The van der Waals surface area contributed by atoms with E-state index in [0.717, 1.165) is 36.1 Å². The van der Waals surface area contributed by atoms with Crippen molar-refractivity contribution in [3.05, 3.63) is 28.8 Å². The maximum absolute atomic E-state index is 12.9. The van der Waals surface area contributed by atoms with Gasteiger partial charge in [0.15, 0.2) is 0 Å². The van der Waals surface area contributed by atoms with Crippen molar-refractivity contribution in [2.24, 2.45) is 5.92 Å². The van der Waals surface area contributed by atoms with E-state index in [1.165, 1.54) is 0 Å². The fraction of sp³-hybridized carbons (Fsp3) is 0.619. The van der Waals surface area contributed by atoms with Crippen LogP contribution in [-0.4, -0.2) is 67.8 Å². The molecule has 1 heterocycles. The Morgan fingerprint density at radius 2 is 1.97 bits per heavy atom. The SMILES string of the molecule is CCc1ccc(C(=O)NC(C(=O)OCN2CCOCC2)C(C)C)c(C)c1B(C)O. The molecule has 0 bridgehead atoms. The molecule has 1 fully saturated rings. The van der Waals surface area contributed by atoms with Crippen molar-refractivity contribution in [3.63, 3.8) is 0 Å². The van der Waals surface area contributed by atoms with Crippen LogP contribution in [0.3, 0.4) is 0 Å². The molecule has 160 valence electrons. The summed E-state index contributed by atoms with van der Waals surface area (Å²) < 4.78 is 10.7. The summed E-state index contributed by atoms with van der Waals surface area (Å²) in [5.41, 5.74) is 2.99. The first kappa shape index (κ1) is 23.4. The van der Waals surface area contributed by atoms with Crippen LogP contribution in [0.25, 0.3) is 0 Å². The molecule has 29 heavy (non-hydrogen) atoms. The van der Waals surface area contributed by atoms with E-state index >= 15 is 0 Å². The molecule has 8 heteroatoms. The Hall–Kier alpha value is -1.90. The summed E-state index contributed by atoms with van der Waals surface area (Å²) in [4.78, 5) is 27.6. The van der Waals surface area contributed by atoms with Crippen LogP contribution in [0.15, 0.2) is 12.1 Å². The van der Waals surface area contributed by atoms with Gasteiger partial charge in [-0.15, -0.1) is 0 Å². The lowest BCUT2D eigenvalue weighted by Gasteiger charge is -2.28. The Bertz CT molecular complexity index is 717. The monoisotopic (exact) mass is 404 g/mol. The molecule has 0 spiro atoms. The van der Waals surface area contributed by atoms with Crippen molar-refractivity contribution >= 4 is 24.3 Å². The molecule has 1 aliphatic rings. The molecule has 0 aliphatic carbocycles. The van der Waals surface area contributed by atoms with Gasteiger partial charge in [0.2, 0.25) is 0 Å². The number of aryl methyl sites for hydroxylation is 1. The standard InChI is InChI=1S/C21H33BN2O5/c1-6-16-7-8-17(15(4)18(16)22(5)27)20(25)23-19(14(2)3)21(26)29-13-24-9-11-28-12-10-24/h7-8,14,19,27H,6,9-13H2,1-5H3,(H,23,25). The normalized spacial score (nSPS) is 15.8. The van der Waals surface area contributed by atoms with Crippen LogP contribution in [0.5, 0.6) is 0 Å². The molecule has 1 amide bonds. The zero-order valence-corrected chi connectivity index (χ0v) is 18.2. The van der Waals surface area contributed by atoms with Gasteiger partial charge in [-0.25, -0.2) is 4.79 Å². The molecular weight excluding hydrogens is 371 g/mol. The van der Waals surface area contributed by atoms with Crippen molar-refractivity contribution < 1.29 is 24.1 Å². The van der Waals surface area contributed by atoms with Gasteiger partial charge >= 0.3 is 12.9 Å². The van der Waals surface area contributed by atoms with Crippen LogP contribution in [0.1, 0.15) is 42.3 Å². The second-order valence-corrected chi connectivity index (χ2v) is 7.86. The highest BCUT2D eigenvalue weighted by Crippen LogP contribution is 2.13. The van der Waals surface area contributed by atoms with E-state index in [1.54, 1.807) is 12.9 Å². The summed E-state index contributed by atoms with van der Waals surface area (Å²) in [5.74, 6) is -0.907. The number of amides is 1. The molecule has 0 saturated carbocycles. The van der Waals surface area contributed by atoms with Crippen LogP contribution in [-0.2, 0) is 20.7 Å². The first-order valence-electron chi connectivity index (χ1n) is 10.3. The molecule has 1 aliphatic heterocycles. The highest BCUT2D eigenvalue weighted by atomic mass is 16.5. The third-order valence-electron chi connectivity index (χ3n) is 5.35. The molecule has 2 N–H and O–H groups in total. The molecule has 2 rings (SSSR count). The minimum Gasteiger partial charge on any atom is -0.448 e. The Labute approximate surface area is 173 Å². The molecule has 7 nitrogen and oxygen atoms in total. The van der Waals surface area contributed by atoms with Gasteiger partial charge in [0.25, 0.3) is 5.91 Å². The van der Waals surface area contributed by atoms with Gasteiger partial charge in [0, 0.05) is 18.7 Å². The van der Waals surface area contributed by atoms with Crippen LogP contribution in [0, 0.1) is 12.8 Å². The minimum absolute atomic E-state index is 0.123. The second kappa shape index (κ2) is 10.8. The van der Waals surface area contributed by atoms with E-state index < -0.39 is 18.9 Å². The molecule has 1 aromatic carbocycles. The number of carbonyl (C=O) groups is 2. The van der Waals surface area contributed by atoms with E-state index in [0.29, 0.717) is 18.8 Å². The smallest absolute Gasteiger partial charge is 0.330 e. The van der Waals surface area contributed by atoms with Gasteiger partial charge in [-0.2, -0.15) is 0 Å². The molecule has 1 atom stereocenters. The largest absolute Gasteiger partial charge is 0.448 e. The number of nitrogens with zero attached hydrogens (tertiary/aromatic N) is 1. The lowest BCUT2D eigenvalue weighted by atomic mass is 9.60. The minimum atomic E-state index is -0.746. The first-order valence-corrected chi connectivity index (χ1v) is 10.3. The van der Waals surface area contributed by atoms with E-state index in [-0.39, 0.29) is 18.6 Å². The Kier molecular flexibility index (Phi) is 8.68. The van der Waals surface area contributed by atoms with Crippen LogP contribution >= 0.6 is 0 Å². The zero-order valence-electron chi connectivity index (χ0n) is 18.2. The number of rotatable bonds is 8. The van der Waals surface area contributed by atoms with Crippen molar-refractivity contribution in [2.45, 2.75) is 47.0 Å². The van der Waals surface area contributed by atoms with Gasteiger partial charge < -0.3 is 19.8 Å². The summed E-state index contributed by atoms with van der Waals surface area (Å²) in [6.07, 6.45) is 0.769. The predicted molar refractivity (Wildman–Crippen MR) is 113 cm³/mol. The van der Waals surface area contributed by atoms with Crippen LogP contribution < -0.4 is 10.8 Å². The van der Waals surface area contributed by atoms with Gasteiger partial charge in [-0.3, -0.25) is 9.69 Å². The van der Waals surface area contributed by atoms with E-state index in [2.05, 4.69) is 5.32 Å². The summed E-state index contributed by atoms with van der Waals surface area (Å²) in [5, 5.41) is 13.0. The number of esters is 1. The Morgan fingerprint density at radius 1 is 1.31 bits per heavy atom. The topological polar surface area (TPSA) is 88.1 Å². The lowest BCUT2D eigenvalue weighted by molar-refractivity contribution is -0.153. The van der Waals surface area contributed by atoms with Gasteiger partial charge in [0.05, 0.1) is 13.2 Å². The number of benzene rings is 1. The molecule has 0 aromatic heterocycles. The molecule has 0 radical (unpaired) electrons. The number of hydrogen-bond donors (Lipinski definition) is 2. The second-order valence-electron chi connectivity index (χ2n) is 7.86. The third kappa shape index (κ3) is 6.04. The summed E-state index contributed by atoms with van der Waals surface area (Å²) in [7, 11) is 0. The predicted octanol–water partition coefficient (Wildman–Crippen LogP) is 0.965. The van der Waals surface area contributed by atoms with Gasteiger partial charge in [-0.1, -0.05) is 39.2 Å². The molecule has 1 saturated heterocycles.